The van der Waals surface area contributed by atoms with Gasteiger partial charge in [-0.2, -0.15) is 0 Å². The third kappa shape index (κ3) is 3.42. The number of carbonyl (C=O) groups is 1. The first kappa shape index (κ1) is 17.0. The highest BCUT2D eigenvalue weighted by Gasteiger charge is 2.16. The van der Waals surface area contributed by atoms with Gasteiger partial charge in [0.15, 0.2) is 0 Å². The van der Waals surface area contributed by atoms with Gasteiger partial charge in [0.1, 0.15) is 5.01 Å². The Labute approximate surface area is 158 Å². The van der Waals surface area contributed by atoms with Gasteiger partial charge in [0.05, 0.1) is 12.1 Å². The van der Waals surface area contributed by atoms with Gasteiger partial charge in [-0.3, -0.25) is 4.79 Å². The van der Waals surface area contributed by atoms with Gasteiger partial charge in [-0.15, -0.1) is 11.3 Å². The van der Waals surface area contributed by atoms with E-state index in [1.165, 1.54) is 34.4 Å². The minimum atomic E-state index is -0.0199. The standard InChI is InChI=1S/C22H22N2OS/c1-14-6-3-4-9-19(14)23-20(25)13-21-24-22(15(2)26-21)18-11-10-16-7-5-8-17(16)12-18/h3-4,6,9-12H,5,7-8,13H2,1-2H3,(H,23,25). The molecule has 1 aromatic heterocycles. The van der Waals surface area contributed by atoms with Crippen molar-refractivity contribution in [3.63, 3.8) is 0 Å². The number of amides is 1. The Kier molecular flexibility index (Phi) is 4.60. The quantitative estimate of drug-likeness (QED) is 0.702. The highest BCUT2D eigenvalue weighted by atomic mass is 32.1. The third-order valence-electron chi connectivity index (χ3n) is 4.94. The van der Waals surface area contributed by atoms with E-state index in [9.17, 15) is 4.79 Å². The van der Waals surface area contributed by atoms with Crippen LogP contribution in [0, 0.1) is 13.8 Å². The molecule has 1 N–H and O–H groups in total. The molecule has 2 aromatic carbocycles. The number of hydrogen-bond acceptors (Lipinski definition) is 3. The summed E-state index contributed by atoms with van der Waals surface area (Å²) in [6.45, 7) is 4.08. The number of nitrogens with one attached hydrogen (secondary N) is 1. The Balaban J connectivity index is 1.51. The number of benzene rings is 2. The summed E-state index contributed by atoms with van der Waals surface area (Å²) in [6.07, 6.45) is 3.91. The van der Waals surface area contributed by atoms with Crippen molar-refractivity contribution in [2.75, 3.05) is 5.32 Å². The third-order valence-corrected chi connectivity index (χ3v) is 5.91. The molecule has 3 aromatic rings. The van der Waals surface area contributed by atoms with E-state index in [1.807, 2.05) is 31.2 Å². The Morgan fingerprint density at radius 1 is 1.12 bits per heavy atom. The zero-order valence-electron chi connectivity index (χ0n) is 15.1. The first-order chi connectivity index (χ1) is 12.6. The fourth-order valence-electron chi connectivity index (χ4n) is 3.56. The number of anilines is 1. The van der Waals surface area contributed by atoms with Crippen molar-refractivity contribution >= 4 is 22.9 Å². The van der Waals surface area contributed by atoms with Crippen molar-refractivity contribution in [2.45, 2.75) is 39.5 Å². The van der Waals surface area contributed by atoms with Gasteiger partial charge in [0.2, 0.25) is 5.91 Å². The van der Waals surface area contributed by atoms with Gasteiger partial charge in [0.25, 0.3) is 0 Å². The maximum atomic E-state index is 12.4. The van der Waals surface area contributed by atoms with Crippen molar-refractivity contribution in [3.8, 4) is 11.3 Å². The van der Waals surface area contributed by atoms with Crippen LogP contribution in [0.2, 0.25) is 0 Å². The summed E-state index contributed by atoms with van der Waals surface area (Å²) in [6, 6.07) is 14.5. The number of aryl methyl sites for hydroxylation is 4. The molecule has 1 aliphatic carbocycles. The zero-order valence-corrected chi connectivity index (χ0v) is 16.0. The molecule has 1 aliphatic rings. The lowest BCUT2D eigenvalue weighted by molar-refractivity contribution is -0.115. The van der Waals surface area contributed by atoms with Crippen LogP contribution in [0.4, 0.5) is 5.69 Å². The van der Waals surface area contributed by atoms with E-state index in [1.54, 1.807) is 11.3 Å². The van der Waals surface area contributed by atoms with Gasteiger partial charge in [-0.1, -0.05) is 30.3 Å². The van der Waals surface area contributed by atoms with Crippen molar-refractivity contribution in [2.24, 2.45) is 0 Å². The Morgan fingerprint density at radius 2 is 1.92 bits per heavy atom. The van der Waals surface area contributed by atoms with Crippen LogP contribution in [-0.2, 0) is 24.1 Å². The van der Waals surface area contributed by atoms with Gasteiger partial charge < -0.3 is 5.32 Å². The second kappa shape index (κ2) is 7.04. The monoisotopic (exact) mass is 362 g/mol. The number of nitrogens with zero attached hydrogens (tertiary/aromatic N) is 1. The molecule has 132 valence electrons. The molecule has 0 saturated heterocycles. The molecular weight excluding hydrogens is 340 g/mol. The summed E-state index contributed by atoms with van der Waals surface area (Å²) in [5.41, 5.74) is 7.04. The molecule has 3 nitrogen and oxygen atoms in total. The lowest BCUT2D eigenvalue weighted by atomic mass is 10.0. The van der Waals surface area contributed by atoms with Crippen LogP contribution < -0.4 is 5.32 Å². The maximum Gasteiger partial charge on any atom is 0.231 e. The average molecular weight is 362 g/mol. The Morgan fingerprint density at radius 3 is 2.77 bits per heavy atom. The van der Waals surface area contributed by atoms with Crippen molar-refractivity contribution in [1.82, 2.24) is 4.98 Å². The van der Waals surface area contributed by atoms with Crippen LogP contribution in [0.1, 0.15) is 33.0 Å². The topological polar surface area (TPSA) is 42.0 Å². The summed E-state index contributed by atoms with van der Waals surface area (Å²) in [7, 11) is 0. The number of hydrogen-bond donors (Lipinski definition) is 1. The summed E-state index contributed by atoms with van der Waals surface area (Å²) in [4.78, 5) is 18.3. The van der Waals surface area contributed by atoms with Crippen molar-refractivity contribution < 1.29 is 4.79 Å². The summed E-state index contributed by atoms with van der Waals surface area (Å²) < 4.78 is 0. The average Bonchev–Trinajstić information content (AvgIpc) is 3.22. The lowest BCUT2D eigenvalue weighted by Crippen LogP contribution is -2.14. The van der Waals surface area contributed by atoms with Crippen molar-refractivity contribution in [1.29, 1.82) is 0 Å². The minimum Gasteiger partial charge on any atom is -0.325 e. The van der Waals surface area contributed by atoms with E-state index in [0.717, 1.165) is 28.4 Å². The fourth-order valence-corrected chi connectivity index (χ4v) is 4.51. The first-order valence-corrected chi connectivity index (χ1v) is 9.86. The molecule has 1 heterocycles. The summed E-state index contributed by atoms with van der Waals surface area (Å²) in [5, 5.41) is 3.85. The molecule has 0 saturated carbocycles. The number of rotatable bonds is 4. The van der Waals surface area contributed by atoms with E-state index in [-0.39, 0.29) is 5.91 Å². The molecule has 0 aliphatic heterocycles. The first-order valence-electron chi connectivity index (χ1n) is 9.04. The van der Waals surface area contributed by atoms with Gasteiger partial charge >= 0.3 is 0 Å². The molecule has 0 fully saturated rings. The number of para-hydroxylation sites is 1. The Hall–Kier alpha value is -2.46. The normalized spacial score (nSPS) is 12.8. The number of aromatic nitrogens is 1. The van der Waals surface area contributed by atoms with E-state index in [2.05, 4.69) is 30.4 Å². The highest BCUT2D eigenvalue weighted by Crippen LogP contribution is 2.32. The molecule has 0 unspecified atom stereocenters. The molecule has 0 bridgehead atoms. The van der Waals surface area contributed by atoms with Crippen LogP contribution in [0.3, 0.4) is 0 Å². The predicted molar refractivity (Wildman–Crippen MR) is 108 cm³/mol. The lowest BCUT2D eigenvalue weighted by Gasteiger charge is -2.06. The van der Waals surface area contributed by atoms with Crippen LogP contribution in [0.5, 0.6) is 0 Å². The highest BCUT2D eigenvalue weighted by molar-refractivity contribution is 7.12. The van der Waals surface area contributed by atoms with Gasteiger partial charge in [-0.05, 0) is 61.9 Å². The molecule has 0 atom stereocenters. The van der Waals surface area contributed by atoms with Crippen LogP contribution in [-0.4, -0.2) is 10.9 Å². The number of thiazole rings is 1. The molecule has 0 radical (unpaired) electrons. The van der Waals surface area contributed by atoms with Crippen LogP contribution in [0.25, 0.3) is 11.3 Å². The molecule has 26 heavy (non-hydrogen) atoms. The van der Waals surface area contributed by atoms with E-state index in [0.29, 0.717) is 6.42 Å². The smallest absolute Gasteiger partial charge is 0.231 e. The Bertz CT molecular complexity index is 974. The van der Waals surface area contributed by atoms with E-state index >= 15 is 0 Å². The predicted octanol–water partition coefficient (Wildman–Crippen LogP) is 5.10. The molecule has 4 heteroatoms. The molecule has 4 rings (SSSR count). The summed E-state index contributed by atoms with van der Waals surface area (Å²) >= 11 is 1.61. The minimum absolute atomic E-state index is 0.0199. The van der Waals surface area contributed by atoms with Crippen LogP contribution >= 0.6 is 11.3 Å². The fraction of sp³-hybridized carbons (Fsp3) is 0.273. The second-order valence-electron chi connectivity index (χ2n) is 6.89. The molecule has 0 spiro atoms. The SMILES string of the molecule is Cc1ccccc1NC(=O)Cc1nc(-c2ccc3c(c2)CCC3)c(C)s1. The maximum absolute atomic E-state index is 12.4. The second-order valence-corrected chi connectivity index (χ2v) is 8.18. The number of carbonyl (C=O) groups excluding carboxylic acids is 1. The van der Waals surface area contributed by atoms with Gasteiger partial charge in [-0.25, -0.2) is 4.98 Å². The largest absolute Gasteiger partial charge is 0.325 e. The van der Waals surface area contributed by atoms with E-state index < -0.39 is 0 Å². The molecular formula is C22H22N2OS. The van der Waals surface area contributed by atoms with Crippen molar-refractivity contribution in [3.05, 3.63) is 69.0 Å². The van der Waals surface area contributed by atoms with Crippen LogP contribution in [0.15, 0.2) is 42.5 Å². The zero-order chi connectivity index (χ0) is 18.1. The number of fused-ring (bicyclic) bond motifs is 1. The van der Waals surface area contributed by atoms with Gasteiger partial charge in [0, 0.05) is 16.1 Å². The molecule has 1 amide bonds. The summed E-state index contributed by atoms with van der Waals surface area (Å²) in [5.74, 6) is -0.0199. The van der Waals surface area contributed by atoms with E-state index in [4.69, 9.17) is 4.98 Å².